The Morgan fingerprint density at radius 3 is 2.80 bits per heavy atom. The molecule has 2 aliphatic rings. The Morgan fingerprint density at radius 2 is 2.13 bits per heavy atom. The summed E-state index contributed by atoms with van der Waals surface area (Å²) in [6, 6.07) is 0.831. The highest BCUT2D eigenvalue weighted by molar-refractivity contribution is 4.81. The zero-order valence-electron chi connectivity index (χ0n) is 9.78. The number of nitrogens with one attached hydrogen (secondary N) is 1. The second-order valence-electron chi connectivity index (χ2n) is 5.22. The smallest absolute Gasteiger partial charge is 0.0693 e. The molecule has 2 fully saturated rings. The molecule has 3 nitrogen and oxygen atoms in total. The van der Waals surface area contributed by atoms with E-state index in [0.717, 1.165) is 32.1 Å². The highest BCUT2D eigenvalue weighted by Gasteiger charge is 2.24. The maximum absolute atomic E-state index is 9.75. The minimum absolute atomic E-state index is 0.102. The first-order valence-electron chi connectivity index (χ1n) is 6.39. The molecule has 2 rings (SSSR count). The van der Waals surface area contributed by atoms with Gasteiger partial charge >= 0.3 is 0 Å². The van der Waals surface area contributed by atoms with Gasteiger partial charge in [-0.1, -0.05) is 6.92 Å². The van der Waals surface area contributed by atoms with Gasteiger partial charge in [-0.3, -0.25) is 0 Å². The maximum atomic E-state index is 9.75. The SMILES string of the molecule is CC1CCN(CCCNC2CC2)CC1O. The molecule has 0 aromatic rings. The molecule has 0 spiro atoms. The van der Waals surface area contributed by atoms with Crippen molar-refractivity contribution in [2.24, 2.45) is 5.92 Å². The summed E-state index contributed by atoms with van der Waals surface area (Å²) < 4.78 is 0. The summed E-state index contributed by atoms with van der Waals surface area (Å²) in [4.78, 5) is 2.40. The van der Waals surface area contributed by atoms with Gasteiger partial charge in [0.25, 0.3) is 0 Å². The molecule has 2 unspecified atom stereocenters. The molecule has 1 saturated carbocycles. The topological polar surface area (TPSA) is 35.5 Å². The van der Waals surface area contributed by atoms with Crippen LogP contribution in [0.3, 0.4) is 0 Å². The number of hydrogen-bond donors (Lipinski definition) is 2. The molecule has 0 aromatic heterocycles. The predicted octanol–water partition coefficient (Wildman–Crippen LogP) is 0.831. The van der Waals surface area contributed by atoms with E-state index >= 15 is 0 Å². The number of aliphatic hydroxyl groups is 1. The van der Waals surface area contributed by atoms with Crippen molar-refractivity contribution in [3.05, 3.63) is 0 Å². The van der Waals surface area contributed by atoms with Crippen molar-refractivity contribution in [3.8, 4) is 0 Å². The monoisotopic (exact) mass is 212 g/mol. The van der Waals surface area contributed by atoms with Crippen LogP contribution in [0.2, 0.25) is 0 Å². The van der Waals surface area contributed by atoms with E-state index < -0.39 is 0 Å². The molecule has 1 saturated heterocycles. The Bertz CT molecular complexity index is 194. The molecule has 0 radical (unpaired) electrons. The fourth-order valence-corrected chi connectivity index (χ4v) is 2.21. The van der Waals surface area contributed by atoms with Crippen LogP contribution in [0.1, 0.15) is 32.6 Å². The molecule has 15 heavy (non-hydrogen) atoms. The Hall–Kier alpha value is -0.120. The van der Waals surface area contributed by atoms with Crippen molar-refractivity contribution in [3.63, 3.8) is 0 Å². The summed E-state index contributed by atoms with van der Waals surface area (Å²) in [7, 11) is 0. The quantitative estimate of drug-likeness (QED) is 0.663. The number of β-amino-alcohol motifs (C(OH)–C–C–N with tert-alkyl or cyclic N) is 1. The minimum atomic E-state index is -0.102. The lowest BCUT2D eigenvalue weighted by atomic mass is 9.96. The fourth-order valence-electron chi connectivity index (χ4n) is 2.21. The molecular weight excluding hydrogens is 188 g/mol. The molecular formula is C12H24N2O. The summed E-state index contributed by atoms with van der Waals surface area (Å²) >= 11 is 0. The van der Waals surface area contributed by atoms with Gasteiger partial charge in [-0.25, -0.2) is 0 Å². The average molecular weight is 212 g/mol. The van der Waals surface area contributed by atoms with E-state index in [9.17, 15) is 5.11 Å². The first-order chi connectivity index (χ1) is 7.25. The molecule has 2 atom stereocenters. The van der Waals surface area contributed by atoms with Gasteiger partial charge in [-0.15, -0.1) is 0 Å². The summed E-state index contributed by atoms with van der Waals surface area (Å²) in [5.41, 5.74) is 0. The van der Waals surface area contributed by atoms with Gasteiger partial charge in [0.2, 0.25) is 0 Å². The first-order valence-corrected chi connectivity index (χ1v) is 6.39. The third-order valence-electron chi connectivity index (χ3n) is 3.66. The van der Waals surface area contributed by atoms with Crippen LogP contribution in [-0.2, 0) is 0 Å². The van der Waals surface area contributed by atoms with Crippen LogP contribution in [-0.4, -0.2) is 48.3 Å². The molecule has 2 N–H and O–H groups in total. The van der Waals surface area contributed by atoms with Gasteiger partial charge in [0.1, 0.15) is 0 Å². The maximum Gasteiger partial charge on any atom is 0.0693 e. The van der Waals surface area contributed by atoms with Crippen molar-refractivity contribution in [1.82, 2.24) is 10.2 Å². The van der Waals surface area contributed by atoms with Gasteiger partial charge in [0, 0.05) is 12.6 Å². The summed E-state index contributed by atoms with van der Waals surface area (Å²) in [5.74, 6) is 0.492. The third kappa shape index (κ3) is 3.74. The third-order valence-corrected chi connectivity index (χ3v) is 3.66. The first kappa shape index (κ1) is 11.4. The van der Waals surface area contributed by atoms with Crippen LogP contribution in [0.4, 0.5) is 0 Å². The molecule has 1 aliphatic heterocycles. The van der Waals surface area contributed by atoms with Crippen LogP contribution >= 0.6 is 0 Å². The zero-order valence-corrected chi connectivity index (χ0v) is 9.78. The van der Waals surface area contributed by atoms with Gasteiger partial charge in [0.15, 0.2) is 0 Å². The average Bonchev–Trinajstić information content (AvgIpc) is 3.02. The van der Waals surface area contributed by atoms with Crippen LogP contribution in [0.5, 0.6) is 0 Å². The van der Waals surface area contributed by atoms with Crippen molar-refractivity contribution < 1.29 is 5.11 Å². The Kier molecular flexibility index (Phi) is 4.00. The molecule has 3 heteroatoms. The predicted molar refractivity (Wildman–Crippen MR) is 61.9 cm³/mol. The normalized spacial score (nSPS) is 33.2. The number of aliphatic hydroxyl groups excluding tert-OH is 1. The van der Waals surface area contributed by atoms with Gasteiger partial charge in [-0.2, -0.15) is 0 Å². The van der Waals surface area contributed by atoms with E-state index in [1.807, 2.05) is 0 Å². The summed E-state index contributed by atoms with van der Waals surface area (Å²) in [5, 5.41) is 13.3. The lowest BCUT2D eigenvalue weighted by Gasteiger charge is -2.34. The Balaban J connectivity index is 1.54. The standard InChI is InChI=1S/C12H24N2O/c1-10-5-8-14(9-12(10)15)7-2-6-13-11-3-4-11/h10-13,15H,2-9H2,1H3. The molecule has 0 bridgehead atoms. The summed E-state index contributed by atoms with van der Waals surface area (Å²) in [6.45, 7) is 6.49. The minimum Gasteiger partial charge on any atom is -0.392 e. The molecule has 88 valence electrons. The van der Waals surface area contributed by atoms with Crippen LogP contribution < -0.4 is 5.32 Å². The number of rotatable bonds is 5. The molecule has 0 amide bonds. The van der Waals surface area contributed by atoms with E-state index in [1.165, 1.54) is 25.8 Å². The molecule has 1 aliphatic carbocycles. The highest BCUT2D eigenvalue weighted by atomic mass is 16.3. The number of hydrogen-bond acceptors (Lipinski definition) is 3. The van der Waals surface area contributed by atoms with Crippen molar-refractivity contribution in [2.45, 2.75) is 44.8 Å². The Labute approximate surface area is 92.8 Å². The van der Waals surface area contributed by atoms with Crippen LogP contribution in [0, 0.1) is 5.92 Å². The molecule has 0 aromatic carbocycles. The fraction of sp³-hybridized carbons (Fsp3) is 1.00. The van der Waals surface area contributed by atoms with E-state index in [0.29, 0.717) is 5.92 Å². The number of nitrogens with zero attached hydrogens (tertiary/aromatic N) is 1. The van der Waals surface area contributed by atoms with E-state index in [4.69, 9.17) is 0 Å². The van der Waals surface area contributed by atoms with Gasteiger partial charge in [0.05, 0.1) is 6.10 Å². The Morgan fingerprint density at radius 1 is 1.33 bits per heavy atom. The largest absolute Gasteiger partial charge is 0.392 e. The van der Waals surface area contributed by atoms with Crippen LogP contribution in [0.15, 0.2) is 0 Å². The van der Waals surface area contributed by atoms with Gasteiger partial charge in [-0.05, 0) is 51.2 Å². The van der Waals surface area contributed by atoms with Gasteiger partial charge < -0.3 is 15.3 Å². The van der Waals surface area contributed by atoms with Crippen LogP contribution in [0.25, 0.3) is 0 Å². The van der Waals surface area contributed by atoms with Crippen molar-refractivity contribution in [1.29, 1.82) is 0 Å². The van der Waals surface area contributed by atoms with Crippen molar-refractivity contribution >= 4 is 0 Å². The second-order valence-corrected chi connectivity index (χ2v) is 5.22. The van der Waals surface area contributed by atoms with E-state index in [-0.39, 0.29) is 6.10 Å². The lowest BCUT2D eigenvalue weighted by Crippen LogP contribution is -2.43. The second kappa shape index (κ2) is 5.28. The lowest BCUT2D eigenvalue weighted by molar-refractivity contribution is 0.0289. The zero-order chi connectivity index (χ0) is 10.7. The molecule has 1 heterocycles. The number of likely N-dealkylation sites (tertiary alicyclic amines) is 1. The van der Waals surface area contributed by atoms with E-state index in [2.05, 4.69) is 17.1 Å². The van der Waals surface area contributed by atoms with Crippen molar-refractivity contribution in [2.75, 3.05) is 26.2 Å². The van der Waals surface area contributed by atoms with E-state index in [1.54, 1.807) is 0 Å². The highest BCUT2D eigenvalue weighted by Crippen LogP contribution is 2.19. The number of piperidine rings is 1. The summed E-state index contributed by atoms with van der Waals surface area (Å²) in [6.07, 6.45) is 5.02.